The Hall–Kier alpha value is -2.44. The molecule has 0 spiro atoms. The first-order chi connectivity index (χ1) is 10.1. The molecule has 0 fully saturated rings. The van der Waals surface area contributed by atoms with Crippen molar-refractivity contribution >= 4 is 5.91 Å². The average molecular weight is 290 g/mol. The molecule has 0 bridgehead atoms. The molecule has 2 heterocycles. The number of aryl methyl sites for hydroxylation is 1. The van der Waals surface area contributed by atoms with Gasteiger partial charge >= 0.3 is 0 Å². The van der Waals surface area contributed by atoms with Gasteiger partial charge in [-0.15, -0.1) is 10.2 Å². The van der Waals surface area contributed by atoms with Crippen molar-refractivity contribution in [2.24, 2.45) is 0 Å². The number of hydrogen-bond acceptors (Lipinski definition) is 4. The van der Waals surface area contributed by atoms with E-state index in [-0.39, 0.29) is 5.56 Å². The smallest absolute Gasteiger partial charge is 0.258 e. The fraction of sp³-hybridized carbons (Fsp3) is 0.357. The van der Waals surface area contributed by atoms with E-state index < -0.39 is 17.5 Å². The molecule has 0 atom stereocenters. The molecular formula is C14H15FN4O2. The van der Waals surface area contributed by atoms with Gasteiger partial charge in [0.15, 0.2) is 17.4 Å². The zero-order chi connectivity index (χ0) is 15.0. The molecule has 3 rings (SSSR count). The van der Waals surface area contributed by atoms with E-state index >= 15 is 0 Å². The van der Waals surface area contributed by atoms with Crippen molar-refractivity contribution in [1.29, 1.82) is 0 Å². The fourth-order valence-electron chi connectivity index (χ4n) is 2.51. The standard InChI is InChI=1S/C14H15FN4O2/c1-2-11-16-17-12-8-18(6-7-19(11)12)14(21)9-4-3-5-10(15)13(9)20/h3-5,20H,2,6-8H2,1H3. The molecule has 2 aromatic rings. The summed E-state index contributed by atoms with van der Waals surface area (Å²) >= 11 is 0. The van der Waals surface area contributed by atoms with E-state index in [1.165, 1.54) is 17.0 Å². The minimum absolute atomic E-state index is 0.0290. The monoisotopic (exact) mass is 290 g/mol. The molecule has 1 aliphatic heterocycles. The SMILES string of the molecule is CCc1nnc2n1CCN(C(=O)c1cccc(F)c1O)C2. The highest BCUT2D eigenvalue weighted by molar-refractivity contribution is 5.96. The molecule has 7 heteroatoms. The molecule has 1 aromatic carbocycles. The summed E-state index contributed by atoms with van der Waals surface area (Å²) in [5.41, 5.74) is -0.0290. The predicted molar refractivity (Wildman–Crippen MR) is 72.2 cm³/mol. The number of hydrogen-bond donors (Lipinski definition) is 1. The van der Waals surface area contributed by atoms with Gasteiger partial charge in [0.05, 0.1) is 12.1 Å². The van der Waals surface area contributed by atoms with Gasteiger partial charge in [0, 0.05) is 19.5 Å². The van der Waals surface area contributed by atoms with Crippen molar-refractivity contribution in [3.05, 3.63) is 41.2 Å². The summed E-state index contributed by atoms with van der Waals surface area (Å²) in [5, 5.41) is 17.8. The van der Waals surface area contributed by atoms with E-state index in [9.17, 15) is 14.3 Å². The Balaban J connectivity index is 1.86. The van der Waals surface area contributed by atoms with Crippen molar-refractivity contribution in [2.75, 3.05) is 6.54 Å². The van der Waals surface area contributed by atoms with Crippen LogP contribution in [0.3, 0.4) is 0 Å². The summed E-state index contributed by atoms with van der Waals surface area (Å²) in [4.78, 5) is 13.9. The number of nitrogens with zero attached hydrogens (tertiary/aromatic N) is 4. The zero-order valence-corrected chi connectivity index (χ0v) is 11.6. The van der Waals surface area contributed by atoms with Crippen LogP contribution in [0.15, 0.2) is 18.2 Å². The molecule has 1 amide bonds. The van der Waals surface area contributed by atoms with Gasteiger partial charge in [-0.05, 0) is 12.1 Å². The topological polar surface area (TPSA) is 71.2 Å². The number of amides is 1. The lowest BCUT2D eigenvalue weighted by Gasteiger charge is -2.28. The lowest BCUT2D eigenvalue weighted by Crippen LogP contribution is -2.38. The van der Waals surface area contributed by atoms with Crippen molar-refractivity contribution < 1.29 is 14.3 Å². The minimum atomic E-state index is -0.797. The zero-order valence-electron chi connectivity index (χ0n) is 11.6. The number of halogens is 1. The molecule has 0 radical (unpaired) electrons. The largest absolute Gasteiger partial charge is 0.504 e. The van der Waals surface area contributed by atoms with E-state index in [0.29, 0.717) is 25.5 Å². The van der Waals surface area contributed by atoms with E-state index in [2.05, 4.69) is 10.2 Å². The molecule has 0 aliphatic carbocycles. The predicted octanol–water partition coefficient (Wildman–Crippen LogP) is 1.34. The summed E-state index contributed by atoms with van der Waals surface area (Å²) in [6.07, 6.45) is 0.783. The first-order valence-corrected chi connectivity index (χ1v) is 6.79. The van der Waals surface area contributed by atoms with E-state index in [4.69, 9.17) is 0 Å². The number of aromatic hydroxyl groups is 1. The van der Waals surface area contributed by atoms with Crippen molar-refractivity contribution in [2.45, 2.75) is 26.4 Å². The van der Waals surface area contributed by atoms with Crippen molar-refractivity contribution in [3.63, 3.8) is 0 Å². The van der Waals surface area contributed by atoms with Crippen LogP contribution in [0.4, 0.5) is 4.39 Å². The van der Waals surface area contributed by atoms with Gasteiger partial charge in [-0.3, -0.25) is 4.79 Å². The molecule has 6 nitrogen and oxygen atoms in total. The van der Waals surface area contributed by atoms with Crippen LogP contribution in [0.25, 0.3) is 0 Å². The first kappa shape index (κ1) is 13.5. The molecular weight excluding hydrogens is 275 g/mol. The number of aromatic nitrogens is 3. The fourth-order valence-corrected chi connectivity index (χ4v) is 2.51. The lowest BCUT2D eigenvalue weighted by atomic mass is 10.1. The molecule has 1 aliphatic rings. The Morgan fingerprint density at radius 2 is 2.19 bits per heavy atom. The molecule has 110 valence electrons. The molecule has 21 heavy (non-hydrogen) atoms. The number of rotatable bonds is 2. The Bertz CT molecular complexity index is 698. The molecule has 1 N–H and O–H groups in total. The summed E-state index contributed by atoms with van der Waals surface area (Å²) in [6.45, 7) is 3.39. The molecule has 0 saturated heterocycles. The van der Waals surface area contributed by atoms with Gasteiger partial charge in [0.1, 0.15) is 5.82 Å². The summed E-state index contributed by atoms with van der Waals surface area (Å²) in [7, 11) is 0. The Morgan fingerprint density at radius 1 is 1.38 bits per heavy atom. The van der Waals surface area contributed by atoms with Crippen LogP contribution in [0.1, 0.15) is 28.9 Å². The molecule has 0 unspecified atom stereocenters. The highest BCUT2D eigenvalue weighted by atomic mass is 19.1. The van der Waals surface area contributed by atoms with Gasteiger partial charge in [-0.1, -0.05) is 13.0 Å². The van der Waals surface area contributed by atoms with Crippen molar-refractivity contribution in [3.8, 4) is 5.75 Å². The summed E-state index contributed by atoms with van der Waals surface area (Å²) in [6, 6.07) is 3.94. The number of carbonyl (C=O) groups excluding carboxylic acids is 1. The summed E-state index contributed by atoms with van der Waals surface area (Å²) in [5.74, 6) is -0.203. The molecule has 1 aromatic heterocycles. The highest BCUT2D eigenvalue weighted by Gasteiger charge is 2.26. The first-order valence-electron chi connectivity index (χ1n) is 6.79. The number of carbonyl (C=O) groups is 1. The third-order valence-corrected chi connectivity index (χ3v) is 3.65. The molecule has 0 saturated carbocycles. The second-order valence-electron chi connectivity index (χ2n) is 4.90. The van der Waals surface area contributed by atoms with Crippen LogP contribution in [-0.2, 0) is 19.5 Å². The minimum Gasteiger partial charge on any atom is -0.504 e. The van der Waals surface area contributed by atoms with Crippen LogP contribution < -0.4 is 0 Å². The maximum Gasteiger partial charge on any atom is 0.258 e. The van der Waals surface area contributed by atoms with Gasteiger partial charge in [0.25, 0.3) is 5.91 Å². The highest BCUT2D eigenvalue weighted by Crippen LogP contribution is 2.24. The number of fused-ring (bicyclic) bond motifs is 1. The number of benzene rings is 1. The normalized spacial score (nSPS) is 14.1. The van der Waals surface area contributed by atoms with Gasteiger partial charge in [0.2, 0.25) is 0 Å². The van der Waals surface area contributed by atoms with Gasteiger partial charge in [-0.25, -0.2) is 4.39 Å². The van der Waals surface area contributed by atoms with Crippen LogP contribution in [-0.4, -0.2) is 37.2 Å². The second kappa shape index (κ2) is 5.16. The number of para-hydroxylation sites is 1. The number of phenols is 1. The average Bonchev–Trinajstić information content (AvgIpc) is 2.91. The Labute approximate surface area is 120 Å². The van der Waals surface area contributed by atoms with E-state index in [0.717, 1.165) is 18.3 Å². The van der Waals surface area contributed by atoms with Crippen LogP contribution in [0.2, 0.25) is 0 Å². The second-order valence-corrected chi connectivity index (χ2v) is 4.90. The van der Waals surface area contributed by atoms with E-state index in [1.54, 1.807) is 0 Å². The third-order valence-electron chi connectivity index (χ3n) is 3.65. The van der Waals surface area contributed by atoms with E-state index in [1.807, 2.05) is 11.5 Å². The summed E-state index contributed by atoms with van der Waals surface area (Å²) < 4.78 is 15.3. The maximum absolute atomic E-state index is 13.3. The van der Waals surface area contributed by atoms with Gasteiger partial charge in [-0.2, -0.15) is 0 Å². The van der Waals surface area contributed by atoms with Crippen LogP contribution in [0.5, 0.6) is 5.75 Å². The van der Waals surface area contributed by atoms with Crippen LogP contribution >= 0.6 is 0 Å². The van der Waals surface area contributed by atoms with Crippen LogP contribution in [0, 0.1) is 5.82 Å². The third kappa shape index (κ3) is 2.24. The van der Waals surface area contributed by atoms with Gasteiger partial charge < -0.3 is 14.6 Å². The Kier molecular flexibility index (Phi) is 3.32. The quantitative estimate of drug-likeness (QED) is 0.906. The number of phenolic OH excluding ortho intramolecular Hbond substituents is 1. The lowest BCUT2D eigenvalue weighted by molar-refractivity contribution is 0.0702. The maximum atomic E-state index is 13.3. The Morgan fingerprint density at radius 3 is 2.95 bits per heavy atom. The van der Waals surface area contributed by atoms with Crippen molar-refractivity contribution in [1.82, 2.24) is 19.7 Å².